The molecule has 0 radical (unpaired) electrons. The van der Waals surface area contributed by atoms with Crippen molar-refractivity contribution in [3.63, 3.8) is 0 Å². The summed E-state index contributed by atoms with van der Waals surface area (Å²) in [7, 11) is 0. The van der Waals surface area contributed by atoms with E-state index in [4.69, 9.17) is 14.2 Å². The zero-order valence-electron chi connectivity index (χ0n) is 33.0. The largest absolute Gasteiger partial charge is 0.466 e. The Labute approximate surface area is 296 Å². The molecule has 2 atom stereocenters. The van der Waals surface area contributed by atoms with Crippen molar-refractivity contribution in [2.75, 3.05) is 39.4 Å². The first kappa shape index (κ1) is 46.2. The molecular formula is C40H78N2O6. The van der Waals surface area contributed by atoms with Crippen molar-refractivity contribution in [1.29, 1.82) is 0 Å². The minimum atomic E-state index is -0.496. The van der Waals surface area contributed by atoms with Gasteiger partial charge >= 0.3 is 18.0 Å². The van der Waals surface area contributed by atoms with Crippen LogP contribution in [-0.2, 0) is 23.8 Å². The summed E-state index contributed by atoms with van der Waals surface area (Å²) in [5, 5.41) is 2.87. The SMILES string of the molecule is CC(C)CCCC(C)CC(=O)OCCCCCCN(CCCCCCOC(=O)CC(C)CCCC(C)C)CCCNC(=O)OC(C)(C)C. The van der Waals surface area contributed by atoms with Crippen LogP contribution in [-0.4, -0.2) is 67.9 Å². The minimum Gasteiger partial charge on any atom is -0.466 e. The maximum atomic E-state index is 12.2. The molecule has 0 spiro atoms. The van der Waals surface area contributed by atoms with Crippen molar-refractivity contribution in [3.05, 3.63) is 0 Å². The first-order valence-corrected chi connectivity index (χ1v) is 19.7. The highest BCUT2D eigenvalue weighted by Gasteiger charge is 2.16. The lowest BCUT2D eigenvalue weighted by Crippen LogP contribution is -2.35. The second-order valence-electron chi connectivity index (χ2n) is 16.2. The van der Waals surface area contributed by atoms with Crippen LogP contribution in [0.15, 0.2) is 0 Å². The summed E-state index contributed by atoms with van der Waals surface area (Å²) in [4.78, 5) is 38.9. The number of unbranched alkanes of at least 4 members (excludes halogenated alkanes) is 6. The predicted octanol–water partition coefficient (Wildman–Crippen LogP) is 10.1. The van der Waals surface area contributed by atoms with E-state index in [1.165, 1.54) is 25.7 Å². The molecule has 0 aromatic heterocycles. The first-order valence-electron chi connectivity index (χ1n) is 19.7. The van der Waals surface area contributed by atoms with Crippen molar-refractivity contribution in [2.24, 2.45) is 23.7 Å². The normalized spacial score (nSPS) is 13.2. The molecule has 284 valence electrons. The summed E-state index contributed by atoms with van der Waals surface area (Å²) in [6.07, 6.45) is 16.9. The lowest BCUT2D eigenvalue weighted by atomic mass is 9.97. The van der Waals surface area contributed by atoms with E-state index < -0.39 is 5.60 Å². The highest BCUT2D eigenvalue weighted by molar-refractivity contribution is 5.70. The predicted molar refractivity (Wildman–Crippen MR) is 199 cm³/mol. The van der Waals surface area contributed by atoms with Crippen LogP contribution in [0.1, 0.15) is 171 Å². The Kier molecular flexibility index (Phi) is 27.8. The molecule has 2 unspecified atom stereocenters. The van der Waals surface area contributed by atoms with Crippen molar-refractivity contribution in [2.45, 2.75) is 177 Å². The van der Waals surface area contributed by atoms with Crippen molar-refractivity contribution >= 4 is 18.0 Å². The molecular weight excluding hydrogens is 604 g/mol. The molecule has 0 bridgehead atoms. The molecule has 0 heterocycles. The van der Waals surface area contributed by atoms with Crippen LogP contribution in [0.5, 0.6) is 0 Å². The van der Waals surface area contributed by atoms with Gasteiger partial charge in [-0.25, -0.2) is 4.79 Å². The van der Waals surface area contributed by atoms with Gasteiger partial charge in [-0.1, -0.05) is 106 Å². The highest BCUT2D eigenvalue weighted by atomic mass is 16.6. The molecule has 1 N–H and O–H groups in total. The average molecular weight is 683 g/mol. The van der Waals surface area contributed by atoms with Gasteiger partial charge in [0.2, 0.25) is 0 Å². The molecule has 8 nitrogen and oxygen atoms in total. The quantitative estimate of drug-likeness (QED) is 0.0458. The Hall–Kier alpha value is -1.83. The summed E-state index contributed by atoms with van der Waals surface area (Å²) in [6.45, 7) is 23.5. The molecule has 0 aromatic carbocycles. The zero-order chi connectivity index (χ0) is 36.2. The second kappa shape index (κ2) is 29.0. The fourth-order valence-corrected chi connectivity index (χ4v) is 5.74. The van der Waals surface area contributed by atoms with Gasteiger partial charge in [0.15, 0.2) is 0 Å². The maximum absolute atomic E-state index is 12.2. The van der Waals surface area contributed by atoms with E-state index in [1.807, 2.05) is 20.8 Å². The maximum Gasteiger partial charge on any atom is 0.407 e. The van der Waals surface area contributed by atoms with E-state index in [1.54, 1.807) is 0 Å². The smallest absolute Gasteiger partial charge is 0.407 e. The van der Waals surface area contributed by atoms with E-state index in [2.05, 4.69) is 51.8 Å². The monoisotopic (exact) mass is 683 g/mol. The number of amides is 1. The minimum absolute atomic E-state index is 0.0570. The molecule has 48 heavy (non-hydrogen) atoms. The van der Waals surface area contributed by atoms with Crippen LogP contribution in [0.4, 0.5) is 4.79 Å². The Morgan fingerprint density at radius 1 is 0.562 bits per heavy atom. The van der Waals surface area contributed by atoms with E-state index in [-0.39, 0.29) is 18.0 Å². The fraction of sp³-hybridized carbons (Fsp3) is 0.925. The van der Waals surface area contributed by atoms with Crippen LogP contribution in [0.2, 0.25) is 0 Å². The van der Waals surface area contributed by atoms with E-state index in [0.29, 0.717) is 44.4 Å². The summed E-state index contributed by atoms with van der Waals surface area (Å²) in [6, 6.07) is 0. The molecule has 0 aromatic rings. The summed E-state index contributed by atoms with van der Waals surface area (Å²) >= 11 is 0. The molecule has 0 aliphatic rings. The van der Waals surface area contributed by atoms with E-state index in [0.717, 1.165) is 102 Å². The number of hydrogen-bond donors (Lipinski definition) is 1. The highest BCUT2D eigenvalue weighted by Crippen LogP contribution is 2.17. The summed E-state index contributed by atoms with van der Waals surface area (Å²) < 4.78 is 16.4. The van der Waals surface area contributed by atoms with Gasteiger partial charge in [-0.05, 0) is 96.2 Å². The van der Waals surface area contributed by atoms with Gasteiger partial charge in [0.1, 0.15) is 5.60 Å². The topological polar surface area (TPSA) is 94.2 Å². The number of hydrogen-bond acceptors (Lipinski definition) is 7. The van der Waals surface area contributed by atoms with Gasteiger partial charge in [0.25, 0.3) is 0 Å². The fourth-order valence-electron chi connectivity index (χ4n) is 5.74. The van der Waals surface area contributed by atoms with Gasteiger partial charge in [-0.2, -0.15) is 0 Å². The van der Waals surface area contributed by atoms with Crippen LogP contribution in [0.25, 0.3) is 0 Å². The third-order valence-corrected chi connectivity index (χ3v) is 8.57. The number of alkyl carbamates (subject to hydrolysis) is 1. The number of carbonyl (C=O) groups is 3. The molecule has 0 fully saturated rings. The number of nitrogens with one attached hydrogen (secondary N) is 1. The lowest BCUT2D eigenvalue weighted by Gasteiger charge is -2.23. The summed E-state index contributed by atoms with van der Waals surface area (Å²) in [5.41, 5.74) is -0.496. The molecule has 0 saturated heterocycles. The van der Waals surface area contributed by atoms with Gasteiger partial charge in [-0.15, -0.1) is 0 Å². The lowest BCUT2D eigenvalue weighted by molar-refractivity contribution is -0.145. The number of carbonyl (C=O) groups excluding carboxylic acids is 3. The molecule has 0 aliphatic heterocycles. The van der Waals surface area contributed by atoms with Crippen LogP contribution >= 0.6 is 0 Å². The third kappa shape index (κ3) is 32.7. The van der Waals surface area contributed by atoms with Crippen molar-refractivity contribution in [1.82, 2.24) is 10.2 Å². The standard InChI is InChI=1S/C40H78N2O6/c1-33(2)21-18-23-35(5)31-37(43)46-29-16-12-10-14-26-42(28-20-25-41-39(45)48-40(7,8)9)27-15-11-13-17-30-47-38(44)32-36(6)24-19-22-34(3)4/h33-36H,10-32H2,1-9H3,(H,41,45). The first-order chi connectivity index (χ1) is 22.7. The number of rotatable bonds is 30. The van der Waals surface area contributed by atoms with Gasteiger partial charge in [-0.3, -0.25) is 9.59 Å². The average Bonchev–Trinajstić information content (AvgIpc) is 2.96. The molecule has 0 aliphatic carbocycles. The van der Waals surface area contributed by atoms with Crippen molar-refractivity contribution < 1.29 is 28.6 Å². The molecule has 8 heteroatoms. The zero-order valence-corrected chi connectivity index (χ0v) is 33.0. The Bertz CT molecular complexity index is 762. The third-order valence-electron chi connectivity index (χ3n) is 8.57. The van der Waals surface area contributed by atoms with Crippen molar-refractivity contribution in [3.8, 4) is 0 Å². The van der Waals surface area contributed by atoms with Crippen LogP contribution in [0.3, 0.4) is 0 Å². The van der Waals surface area contributed by atoms with Gasteiger partial charge < -0.3 is 24.4 Å². The van der Waals surface area contributed by atoms with Gasteiger partial charge in [0, 0.05) is 19.4 Å². The number of esters is 2. The Morgan fingerprint density at radius 3 is 1.40 bits per heavy atom. The molecule has 1 amide bonds. The van der Waals surface area contributed by atoms with E-state index in [9.17, 15) is 14.4 Å². The van der Waals surface area contributed by atoms with Gasteiger partial charge in [0.05, 0.1) is 13.2 Å². The number of ether oxygens (including phenoxy) is 3. The van der Waals surface area contributed by atoms with Crippen LogP contribution < -0.4 is 5.32 Å². The van der Waals surface area contributed by atoms with Crippen LogP contribution in [0, 0.1) is 23.7 Å². The number of nitrogens with zero attached hydrogens (tertiary/aromatic N) is 1. The van der Waals surface area contributed by atoms with E-state index >= 15 is 0 Å². The Morgan fingerprint density at radius 2 is 0.979 bits per heavy atom. The Balaban J connectivity index is 4.29. The second-order valence-corrected chi connectivity index (χ2v) is 16.2. The molecule has 0 rings (SSSR count). The summed E-state index contributed by atoms with van der Waals surface area (Å²) in [5.74, 6) is 2.10. The molecule has 0 saturated carbocycles.